The minimum Gasteiger partial charge on any atom is -0.417 e. The van der Waals surface area contributed by atoms with Crippen LogP contribution >= 0.6 is 0 Å². The van der Waals surface area contributed by atoms with Gasteiger partial charge in [-0.3, -0.25) is 4.79 Å². The molecule has 0 unspecified atom stereocenters. The Hall–Kier alpha value is -0.413. The Labute approximate surface area is 137 Å². The molecule has 2 aliphatic carbocycles. The Morgan fingerprint density at radius 2 is 1.86 bits per heavy atom. The van der Waals surface area contributed by atoms with Gasteiger partial charge in [0.15, 0.2) is 8.32 Å². The second-order valence-corrected chi connectivity index (χ2v) is 14.0. The first-order chi connectivity index (χ1) is 10.0. The van der Waals surface area contributed by atoms with E-state index in [-0.39, 0.29) is 11.0 Å². The maximum absolute atomic E-state index is 12.6. The first-order valence-corrected chi connectivity index (χ1v) is 11.8. The molecule has 0 aromatic heterocycles. The highest BCUT2D eigenvalue weighted by Crippen LogP contribution is 2.44. The van der Waals surface area contributed by atoms with Crippen molar-refractivity contribution in [2.45, 2.75) is 65.6 Å². The third kappa shape index (κ3) is 3.56. The molecule has 0 radical (unpaired) electrons. The van der Waals surface area contributed by atoms with Gasteiger partial charge >= 0.3 is 0 Å². The topological polar surface area (TPSA) is 26.3 Å². The van der Waals surface area contributed by atoms with Crippen LogP contribution in [0.1, 0.15) is 47.5 Å². The molecule has 0 spiro atoms. The van der Waals surface area contributed by atoms with Crippen molar-refractivity contribution in [2.24, 2.45) is 29.6 Å². The third-order valence-electron chi connectivity index (χ3n) is 6.30. The minimum atomic E-state index is -1.75. The van der Waals surface area contributed by atoms with E-state index in [0.717, 1.165) is 19.4 Å². The molecule has 2 nitrogen and oxygen atoms in total. The molecule has 2 aliphatic rings. The molecule has 0 bridgehead atoms. The van der Waals surface area contributed by atoms with E-state index in [1.165, 1.54) is 0 Å². The van der Waals surface area contributed by atoms with Crippen molar-refractivity contribution in [3.63, 3.8) is 0 Å². The standard InChI is InChI=1S/C19H34O2Si/c1-13-10-15-9-8-14(2)16(18(15)17(20)11-13)12-21-22(6,7)19(3,4)5/h8-9,13-16,18H,10-12H2,1-7H3/t13-,14+,15+,16-,18-/m1/s1. The number of carbonyl (C=O) groups is 1. The Morgan fingerprint density at radius 3 is 2.45 bits per heavy atom. The monoisotopic (exact) mass is 322 g/mol. The molecule has 1 saturated carbocycles. The number of Topliss-reactive ketones (excluding diaryl/α,β-unsaturated/α-hetero) is 1. The van der Waals surface area contributed by atoms with Crippen LogP contribution in [-0.2, 0) is 9.22 Å². The maximum atomic E-state index is 12.6. The van der Waals surface area contributed by atoms with Crippen molar-refractivity contribution in [2.75, 3.05) is 6.61 Å². The van der Waals surface area contributed by atoms with E-state index in [2.05, 4.69) is 59.9 Å². The molecule has 0 aromatic carbocycles. The average Bonchev–Trinajstić information content (AvgIpc) is 2.36. The Bertz CT molecular complexity index is 447. The fraction of sp³-hybridized carbons (Fsp3) is 0.842. The molecule has 2 rings (SSSR count). The van der Waals surface area contributed by atoms with Crippen LogP contribution in [0.5, 0.6) is 0 Å². The minimum absolute atomic E-state index is 0.195. The molecule has 0 heterocycles. The normalized spacial score (nSPS) is 36.3. The van der Waals surface area contributed by atoms with Crippen molar-refractivity contribution < 1.29 is 9.22 Å². The van der Waals surface area contributed by atoms with Crippen molar-refractivity contribution >= 4 is 14.1 Å². The molecule has 1 fully saturated rings. The van der Waals surface area contributed by atoms with Gasteiger partial charge in [0.2, 0.25) is 0 Å². The lowest BCUT2D eigenvalue weighted by atomic mass is 9.63. The molecule has 126 valence electrons. The zero-order chi connectivity index (χ0) is 16.7. The van der Waals surface area contributed by atoms with E-state index in [1.807, 2.05) is 0 Å². The fourth-order valence-corrected chi connectivity index (χ4v) is 4.77. The van der Waals surface area contributed by atoms with E-state index in [0.29, 0.717) is 29.5 Å². The Kier molecular flexibility index (Phi) is 5.08. The summed E-state index contributed by atoms with van der Waals surface area (Å²) in [5.41, 5.74) is 0. The summed E-state index contributed by atoms with van der Waals surface area (Å²) in [6, 6.07) is 0. The summed E-state index contributed by atoms with van der Waals surface area (Å²) in [7, 11) is -1.75. The predicted molar refractivity (Wildman–Crippen MR) is 95.3 cm³/mol. The number of carbonyl (C=O) groups excluding carboxylic acids is 1. The molecular weight excluding hydrogens is 288 g/mol. The van der Waals surface area contributed by atoms with Crippen LogP contribution in [0.4, 0.5) is 0 Å². The number of ketones is 1. The average molecular weight is 323 g/mol. The molecule has 0 aliphatic heterocycles. The van der Waals surface area contributed by atoms with Gasteiger partial charge in [-0.15, -0.1) is 0 Å². The van der Waals surface area contributed by atoms with Crippen LogP contribution in [0, 0.1) is 29.6 Å². The third-order valence-corrected chi connectivity index (χ3v) is 10.8. The number of hydrogen-bond acceptors (Lipinski definition) is 2. The molecule has 0 amide bonds. The fourth-order valence-electron chi connectivity index (χ4n) is 3.73. The lowest BCUT2D eigenvalue weighted by Gasteiger charge is -2.44. The van der Waals surface area contributed by atoms with Gasteiger partial charge in [0.05, 0.1) is 0 Å². The van der Waals surface area contributed by atoms with Crippen molar-refractivity contribution in [3.05, 3.63) is 12.2 Å². The van der Waals surface area contributed by atoms with Gasteiger partial charge in [0.1, 0.15) is 5.78 Å². The smallest absolute Gasteiger partial charge is 0.191 e. The maximum Gasteiger partial charge on any atom is 0.191 e. The van der Waals surface area contributed by atoms with Crippen LogP contribution in [0.15, 0.2) is 12.2 Å². The highest BCUT2D eigenvalue weighted by atomic mass is 28.4. The quantitative estimate of drug-likeness (QED) is 0.536. The van der Waals surface area contributed by atoms with Crippen LogP contribution in [-0.4, -0.2) is 20.7 Å². The van der Waals surface area contributed by atoms with E-state index in [9.17, 15) is 4.79 Å². The first-order valence-electron chi connectivity index (χ1n) is 8.88. The molecular formula is C19H34O2Si. The van der Waals surface area contributed by atoms with Gasteiger partial charge in [-0.2, -0.15) is 0 Å². The van der Waals surface area contributed by atoms with Gasteiger partial charge in [-0.1, -0.05) is 46.8 Å². The molecule has 22 heavy (non-hydrogen) atoms. The second-order valence-electron chi connectivity index (χ2n) is 9.18. The van der Waals surface area contributed by atoms with Crippen molar-refractivity contribution in [3.8, 4) is 0 Å². The lowest BCUT2D eigenvalue weighted by Crippen LogP contribution is -2.47. The van der Waals surface area contributed by atoms with E-state index in [4.69, 9.17) is 4.43 Å². The zero-order valence-electron chi connectivity index (χ0n) is 15.5. The van der Waals surface area contributed by atoms with Crippen LogP contribution in [0.25, 0.3) is 0 Å². The van der Waals surface area contributed by atoms with E-state index < -0.39 is 8.32 Å². The van der Waals surface area contributed by atoms with Crippen molar-refractivity contribution in [1.82, 2.24) is 0 Å². The number of hydrogen-bond donors (Lipinski definition) is 0. The van der Waals surface area contributed by atoms with E-state index in [1.54, 1.807) is 0 Å². The summed E-state index contributed by atoms with van der Waals surface area (Å²) in [5, 5.41) is 0.227. The summed E-state index contributed by atoms with van der Waals surface area (Å²) in [6.07, 6.45) is 6.56. The van der Waals surface area contributed by atoms with Crippen molar-refractivity contribution in [1.29, 1.82) is 0 Å². The van der Waals surface area contributed by atoms with Crippen LogP contribution in [0.3, 0.4) is 0 Å². The van der Waals surface area contributed by atoms with Crippen LogP contribution in [0.2, 0.25) is 18.1 Å². The second kappa shape index (κ2) is 6.24. The summed E-state index contributed by atoms with van der Waals surface area (Å²) in [5.74, 6) is 2.46. The summed E-state index contributed by atoms with van der Waals surface area (Å²) in [4.78, 5) is 12.6. The van der Waals surface area contributed by atoms with Gasteiger partial charge in [-0.25, -0.2) is 0 Å². The zero-order valence-corrected chi connectivity index (χ0v) is 16.5. The molecule has 5 atom stereocenters. The largest absolute Gasteiger partial charge is 0.417 e. The number of fused-ring (bicyclic) bond motifs is 1. The highest BCUT2D eigenvalue weighted by Gasteiger charge is 2.44. The van der Waals surface area contributed by atoms with Gasteiger partial charge in [0, 0.05) is 18.9 Å². The van der Waals surface area contributed by atoms with Gasteiger partial charge in [-0.05, 0) is 48.2 Å². The summed E-state index contributed by atoms with van der Waals surface area (Å²) < 4.78 is 6.48. The Balaban J connectivity index is 2.12. The Morgan fingerprint density at radius 1 is 1.23 bits per heavy atom. The number of rotatable bonds is 3. The SMILES string of the molecule is C[C@H]1CC(=O)[C@H]2[C@H](CO[Si](C)(C)C(C)(C)C)[C@@H](C)C=C[C@H]2C1. The van der Waals surface area contributed by atoms with Gasteiger partial charge in [0.25, 0.3) is 0 Å². The summed E-state index contributed by atoms with van der Waals surface area (Å²) in [6.45, 7) is 16.7. The lowest BCUT2D eigenvalue weighted by molar-refractivity contribution is -0.131. The predicted octanol–water partition coefficient (Wildman–Crippen LogP) is 5.06. The summed E-state index contributed by atoms with van der Waals surface area (Å²) >= 11 is 0. The first kappa shape index (κ1) is 17.9. The van der Waals surface area contributed by atoms with E-state index >= 15 is 0 Å². The molecule has 3 heteroatoms. The van der Waals surface area contributed by atoms with Crippen LogP contribution < -0.4 is 0 Å². The molecule has 0 aromatic rings. The highest BCUT2D eigenvalue weighted by molar-refractivity contribution is 6.74. The molecule has 0 saturated heterocycles. The van der Waals surface area contributed by atoms with Gasteiger partial charge < -0.3 is 4.43 Å². The molecule has 0 N–H and O–H groups in total. The number of allylic oxidation sites excluding steroid dienone is 2.